The molecular formula is C14H21ClN2O2S. The lowest BCUT2D eigenvalue weighted by molar-refractivity contribution is 0.600. The summed E-state index contributed by atoms with van der Waals surface area (Å²) in [5.41, 5.74) is 7.87. The number of hydrogen-bond acceptors (Lipinski definition) is 4. The van der Waals surface area contributed by atoms with Crippen LogP contribution >= 0.6 is 11.6 Å². The van der Waals surface area contributed by atoms with Crippen LogP contribution in [0.4, 0.5) is 5.69 Å². The molecule has 1 heterocycles. The molecule has 1 fully saturated rings. The molecule has 0 saturated carbocycles. The third-order valence-corrected chi connectivity index (χ3v) is 5.86. The largest absolute Gasteiger partial charge is 0.370 e. The summed E-state index contributed by atoms with van der Waals surface area (Å²) in [6.45, 7) is 1.94. The second-order valence-electron chi connectivity index (χ2n) is 5.59. The van der Waals surface area contributed by atoms with E-state index >= 15 is 0 Å². The molecule has 2 N–H and O–H groups in total. The molecule has 1 aliphatic heterocycles. The van der Waals surface area contributed by atoms with Gasteiger partial charge in [-0.3, -0.25) is 0 Å². The van der Waals surface area contributed by atoms with Crippen LogP contribution in [0.3, 0.4) is 0 Å². The van der Waals surface area contributed by atoms with Crippen molar-refractivity contribution in [3.63, 3.8) is 0 Å². The molecule has 4 nitrogen and oxygen atoms in total. The van der Waals surface area contributed by atoms with E-state index in [0.717, 1.165) is 11.3 Å². The summed E-state index contributed by atoms with van der Waals surface area (Å²) >= 11 is 6.28. The molecule has 0 radical (unpaired) electrons. The third-order valence-electron chi connectivity index (χ3n) is 3.76. The van der Waals surface area contributed by atoms with Gasteiger partial charge in [0, 0.05) is 29.8 Å². The minimum Gasteiger partial charge on any atom is -0.370 e. The highest BCUT2D eigenvalue weighted by Gasteiger charge is 2.31. The fourth-order valence-electron chi connectivity index (χ4n) is 2.68. The van der Waals surface area contributed by atoms with E-state index in [0.29, 0.717) is 17.9 Å². The first kappa shape index (κ1) is 15.6. The average molecular weight is 317 g/mol. The molecule has 2 rings (SSSR count). The predicted molar refractivity (Wildman–Crippen MR) is 84.3 cm³/mol. The van der Waals surface area contributed by atoms with Gasteiger partial charge < -0.3 is 10.6 Å². The number of sulfone groups is 1. The topological polar surface area (TPSA) is 63.4 Å². The number of benzene rings is 1. The lowest BCUT2D eigenvalue weighted by Gasteiger charge is -2.29. The molecule has 0 aromatic heterocycles. The Morgan fingerprint density at radius 3 is 2.75 bits per heavy atom. The molecule has 112 valence electrons. The predicted octanol–water partition coefficient (Wildman–Crippen LogP) is 1.85. The highest BCUT2D eigenvalue weighted by molar-refractivity contribution is 7.91. The summed E-state index contributed by atoms with van der Waals surface area (Å²) in [6, 6.07) is 5.75. The fraction of sp³-hybridized carbons (Fsp3) is 0.571. The molecule has 0 bridgehead atoms. The van der Waals surface area contributed by atoms with Crippen LogP contribution < -0.4 is 10.6 Å². The first-order valence-electron chi connectivity index (χ1n) is 6.76. The van der Waals surface area contributed by atoms with Crippen LogP contribution in [0.25, 0.3) is 0 Å². The van der Waals surface area contributed by atoms with Crippen LogP contribution in [0.5, 0.6) is 0 Å². The van der Waals surface area contributed by atoms with Crippen LogP contribution in [-0.2, 0) is 16.3 Å². The van der Waals surface area contributed by atoms with Crippen molar-refractivity contribution < 1.29 is 8.42 Å². The normalized spacial score (nSPS) is 22.7. The minimum absolute atomic E-state index is 0.00867. The van der Waals surface area contributed by atoms with E-state index in [1.165, 1.54) is 0 Å². The zero-order chi connectivity index (χ0) is 14.9. The smallest absolute Gasteiger partial charge is 0.152 e. The second kappa shape index (κ2) is 5.92. The van der Waals surface area contributed by atoms with Crippen molar-refractivity contribution in [2.75, 3.05) is 23.5 Å². The van der Waals surface area contributed by atoms with Gasteiger partial charge in [-0.25, -0.2) is 8.42 Å². The molecule has 0 spiro atoms. The second-order valence-corrected chi connectivity index (χ2v) is 8.22. The van der Waals surface area contributed by atoms with E-state index in [-0.39, 0.29) is 23.6 Å². The number of halogens is 1. The van der Waals surface area contributed by atoms with Gasteiger partial charge >= 0.3 is 0 Å². The zero-order valence-electron chi connectivity index (χ0n) is 11.8. The molecule has 2 unspecified atom stereocenters. The van der Waals surface area contributed by atoms with Crippen molar-refractivity contribution in [3.8, 4) is 0 Å². The van der Waals surface area contributed by atoms with Gasteiger partial charge in [0.25, 0.3) is 0 Å². The van der Waals surface area contributed by atoms with E-state index < -0.39 is 9.84 Å². The van der Waals surface area contributed by atoms with Crippen molar-refractivity contribution in [3.05, 3.63) is 28.8 Å². The summed E-state index contributed by atoms with van der Waals surface area (Å²) in [5, 5.41) is 0.688. The molecule has 1 aliphatic rings. The van der Waals surface area contributed by atoms with Gasteiger partial charge in [-0.05, 0) is 37.5 Å². The lowest BCUT2D eigenvalue weighted by Crippen LogP contribution is -2.33. The average Bonchev–Trinajstić information content (AvgIpc) is 2.71. The molecule has 2 atom stereocenters. The maximum atomic E-state index is 11.6. The molecule has 1 saturated heterocycles. The monoisotopic (exact) mass is 316 g/mol. The number of anilines is 1. The van der Waals surface area contributed by atoms with Gasteiger partial charge in [-0.1, -0.05) is 17.7 Å². The van der Waals surface area contributed by atoms with Crippen molar-refractivity contribution >= 4 is 27.1 Å². The van der Waals surface area contributed by atoms with Crippen LogP contribution in [0.15, 0.2) is 18.2 Å². The Labute approximate surface area is 125 Å². The van der Waals surface area contributed by atoms with Gasteiger partial charge in [0.15, 0.2) is 9.84 Å². The van der Waals surface area contributed by atoms with E-state index in [1.54, 1.807) is 0 Å². The molecule has 0 amide bonds. The van der Waals surface area contributed by atoms with Crippen molar-refractivity contribution in [1.82, 2.24) is 0 Å². The standard InChI is InChI=1S/C14H21ClN2O2S/c1-10(16)8-12-13(15)4-3-5-14(12)17(2)11-6-7-20(18,19)9-11/h3-5,10-11H,6-9,16H2,1-2H3. The Balaban J connectivity index is 2.30. The Morgan fingerprint density at radius 2 is 2.20 bits per heavy atom. The van der Waals surface area contributed by atoms with Crippen molar-refractivity contribution in [1.29, 1.82) is 0 Å². The minimum atomic E-state index is -2.89. The third kappa shape index (κ3) is 3.45. The molecule has 1 aromatic rings. The number of nitrogens with two attached hydrogens (primary N) is 1. The number of nitrogens with zero attached hydrogens (tertiary/aromatic N) is 1. The molecule has 6 heteroatoms. The highest BCUT2D eigenvalue weighted by atomic mass is 35.5. The van der Waals surface area contributed by atoms with Crippen LogP contribution in [-0.4, -0.2) is 39.1 Å². The molecule has 0 aliphatic carbocycles. The fourth-order valence-corrected chi connectivity index (χ4v) is 4.70. The summed E-state index contributed by atoms with van der Waals surface area (Å²) in [6.07, 6.45) is 1.35. The van der Waals surface area contributed by atoms with Gasteiger partial charge in [-0.2, -0.15) is 0 Å². The van der Waals surface area contributed by atoms with Gasteiger partial charge in [0.05, 0.1) is 11.5 Å². The SMILES string of the molecule is CC(N)Cc1c(Cl)cccc1N(C)C1CCS(=O)(=O)C1. The number of rotatable bonds is 4. The Morgan fingerprint density at radius 1 is 1.50 bits per heavy atom. The molecular weight excluding hydrogens is 296 g/mol. The summed E-state index contributed by atoms with van der Waals surface area (Å²) < 4.78 is 23.3. The maximum absolute atomic E-state index is 11.6. The van der Waals surface area contributed by atoms with Crippen LogP contribution in [0.2, 0.25) is 5.02 Å². The van der Waals surface area contributed by atoms with E-state index in [2.05, 4.69) is 0 Å². The Bertz CT molecular complexity index is 587. The first-order valence-corrected chi connectivity index (χ1v) is 8.96. The van der Waals surface area contributed by atoms with Crippen LogP contribution in [0.1, 0.15) is 18.9 Å². The van der Waals surface area contributed by atoms with E-state index in [1.807, 2.05) is 37.1 Å². The Hall–Kier alpha value is -0.780. The van der Waals surface area contributed by atoms with Gasteiger partial charge in [0.1, 0.15) is 0 Å². The molecule has 20 heavy (non-hydrogen) atoms. The summed E-state index contributed by atoms with van der Waals surface area (Å²) in [7, 11) is -0.961. The quantitative estimate of drug-likeness (QED) is 0.921. The lowest BCUT2D eigenvalue weighted by atomic mass is 10.0. The van der Waals surface area contributed by atoms with Gasteiger partial charge in [-0.15, -0.1) is 0 Å². The van der Waals surface area contributed by atoms with Crippen LogP contribution in [0, 0.1) is 0 Å². The highest BCUT2D eigenvalue weighted by Crippen LogP contribution is 2.31. The molecule has 1 aromatic carbocycles. The zero-order valence-corrected chi connectivity index (χ0v) is 13.4. The number of hydrogen-bond donors (Lipinski definition) is 1. The maximum Gasteiger partial charge on any atom is 0.152 e. The summed E-state index contributed by atoms with van der Waals surface area (Å²) in [5.74, 6) is 0.485. The van der Waals surface area contributed by atoms with E-state index in [4.69, 9.17) is 17.3 Å². The summed E-state index contributed by atoms with van der Waals surface area (Å²) in [4.78, 5) is 2.04. The van der Waals surface area contributed by atoms with Crippen molar-refractivity contribution in [2.24, 2.45) is 5.73 Å². The van der Waals surface area contributed by atoms with E-state index in [9.17, 15) is 8.42 Å². The Kier molecular flexibility index (Phi) is 4.62. The van der Waals surface area contributed by atoms with Crippen molar-refractivity contribution in [2.45, 2.75) is 31.8 Å². The van der Waals surface area contributed by atoms with Gasteiger partial charge in [0.2, 0.25) is 0 Å². The first-order chi connectivity index (χ1) is 9.30.